The molecule has 0 rings (SSSR count). The maximum atomic E-state index is 11.3. The highest BCUT2D eigenvalue weighted by Gasteiger charge is 2.25. The molecule has 0 heterocycles. The molecular formula is C18H36O6. The van der Waals surface area contributed by atoms with Gasteiger partial charge in [0.05, 0.1) is 23.5 Å². The van der Waals surface area contributed by atoms with Crippen LogP contribution in [-0.2, 0) is 19.1 Å². The molecule has 6 heteroatoms. The molecule has 0 saturated carbocycles. The van der Waals surface area contributed by atoms with Gasteiger partial charge in [0.1, 0.15) is 12.7 Å². The first-order valence-electron chi connectivity index (χ1n) is 8.46. The molecule has 0 aromatic carbocycles. The van der Waals surface area contributed by atoms with E-state index in [1.165, 1.54) is 0 Å². The number of aliphatic hydroxyl groups is 2. The fraction of sp³-hybridized carbons (Fsp3) is 0.889. The number of hydrogen-bond acceptors (Lipinski definition) is 6. The molecule has 2 N–H and O–H groups in total. The predicted molar refractivity (Wildman–Crippen MR) is 93.4 cm³/mol. The lowest BCUT2D eigenvalue weighted by Crippen LogP contribution is -2.29. The Bertz CT molecular complexity index is 361. The molecule has 0 saturated heterocycles. The van der Waals surface area contributed by atoms with Crippen LogP contribution in [0.2, 0.25) is 0 Å². The number of esters is 2. The summed E-state index contributed by atoms with van der Waals surface area (Å²) in [7, 11) is 0. The zero-order chi connectivity index (χ0) is 19.6. The molecule has 0 aromatic heterocycles. The summed E-state index contributed by atoms with van der Waals surface area (Å²) in [4.78, 5) is 22.4. The molecule has 0 radical (unpaired) electrons. The minimum atomic E-state index is -0.531. The Morgan fingerprint density at radius 2 is 1.38 bits per heavy atom. The molecule has 0 aromatic rings. The second-order valence-corrected chi connectivity index (χ2v) is 7.78. The van der Waals surface area contributed by atoms with Crippen LogP contribution in [0.1, 0.15) is 68.2 Å². The van der Waals surface area contributed by atoms with Crippen LogP contribution >= 0.6 is 0 Å². The van der Waals surface area contributed by atoms with E-state index in [0.717, 1.165) is 0 Å². The van der Waals surface area contributed by atoms with Crippen molar-refractivity contribution in [3.05, 3.63) is 0 Å². The molecule has 0 bridgehead atoms. The highest BCUT2D eigenvalue weighted by Crippen LogP contribution is 2.17. The van der Waals surface area contributed by atoms with Gasteiger partial charge in [-0.05, 0) is 54.4 Å². The van der Waals surface area contributed by atoms with Crippen molar-refractivity contribution in [1.82, 2.24) is 0 Å². The lowest BCUT2D eigenvalue weighted by molar-refractivity contribution is -0.160. The van der Waals surface area contributed by atoms with E-state index in [4.69, 9.17) is 19.7 Å². The third-order valence-electron chi connectivity index (χ3n) is 3.04. The fourth-order valence-electron chi connectivity index (χ4n) is 1.08. The maximum absolute atomic E-state index is 11.3. The molecule has 2 unspecified atom stereocenters. The van der Waals surface area contributed by atoms with E-state index in [-0.39, 0.29) is 31.3 Å². The standard InChI is InChI=1S/2C9H18O3/c1-5-7(10)6-12-8(11)9(2,3)4;1-5-7(6-10)12-8(11)9(2,3)4/h2*7,10H,5-6H2,1-4H3. The van der Waals surface area contributed by atoms with Crippen molar-refractivity contribution in [2.24, 2.45) is 10.8 Å². The summed E-state index contributed by atoms with van der Waals surface area (Å²) < 4.78 is 9.89. The van der Waals surface area contributed by atoms with E-state index in [1.807, 2.05) is 13.8 Å². The van der Waals surface area contributed by atoms with Crippen LogP contribution in [0, 0.1) is 10.8 Å². The van der Waals surface area contributed by atoms with Gasteiger partial charge in [0.25, 0.3) is 0 Å². The lowest BCUT2D eigenvalue weighted by Gasteiger charge is -2.20. The molecule has 0 aliphatic carbocycles. The van der Waals surface area contributed by atoms with Gasteiger partial charge in [-0.25, -0.2) is 0 Å². The summed E-state index contributed by atoms with van der Waals surface area (Å²) in [5.74, 6) is -0.529. The minimum absolute atomic E-state index is 0.0989. The van der Waals surface area contributed by atoms with Crippen molar-refractivity contribution in [1.29, 1.82) is 0 Å². The zero-order valence-electron chi connectivity index (χ0n) is 16.5. The number of carbonyl (C=O) groups is 2. The summed E-state index contributed by atoms with van der Waals surface area (Å²) in [6.07, 6.45) is 0.378. The van der Waals surface area contributed by atoms with Gasteiger partial charge >= 0.3 is 11.9 Å². The number of aliphatic hydroxyl groups excluding tert-OH is 2. The highest BCUT2D eigenvalue weighted by atomic mass is 16.6. The van der Waals surface area contributed by atoms with E-state index in [1.54, 1.807) is 41.5 Å². The SMILES string of the molecule is CCC(CO)OC(=O)C(C)(C)C.CCC(O)COC(=O)C(C)(C)C. The summed E-state index contributed by atoms with van der Waals surface area (Å²) >= 11 is 0. The molecule has 0 aliphatic heterocycles. The molecule has 6 nitrogen and oxygen atoms in total. The number of carbonyl (C=O) groups excluding carboxylic acids is 2. The first-order chi connectivity index (χ1) is 10.8. The zero-order valence-corrected chi connectivity index (χ0v) is 16.5. The van der Waals surface area contributed by atoms with Gasteiger partial charge in [-0.2, -0.15) is 0 Å². The van der Waals surface area contributed by atoms with Crippen molar-refractivity contribution < 1.29 is 29.3 Å². The quantitative estimate of drug-likeness (QED) is 0.717. The van der Waals surface area contributed by atoms with Crippen molar-refractivity contribution in [2.75, 3.05) is 13.2 Å². The largest absolute Gasteiger partial charge is 0.463 e. The van der Waals surface area contributed by atoms with Crippen LogP contribution in [-0.4, -0.2) is 47.6 Å². The Balaban J connectivity index is 0. The lowest BCUT2D eigenvalue weighted by atomic mass is 9.97. The topological polar surface area (TPSA) is 93.1 Å². The van der Waals surface area contributed by atoms with Gasteiger partial charge in [-0.15, -0.1) is 0 Å². The van der Waals surface area contributed by atoms with Gasteiger partial charge in [0, 0.05) is 0 Å². The number of rotatable bonds is 6. The summed E-state index contributed by atoms with van der Waals surface area (Å²) in [6, 6.07) is 0. The number of ether oxygens (including phenoxy) is 2. The van der Waals surface area contributed by atoms with Gasteiger partial charge in [0.15, 0.2) is 0 Å². The van der Waals surface area contributed by atoms with E-state index in [2.05, 4.69) is 0 Å². The summed E-state index contributed by atoms with van der Waals surface area (Å²) in [6.45, 7) is 14.4. The molecule has 0 aliphatic rings. The van der Waals surface area contributed by atoms with E-state index >= 15 is 0 Å². The van der Waals surface area contributed by atoms with Gasteiger partial charge in [0.2, 0.25) is 0 Å². The summed E-state index contributed by atoms with van der Waals surface area (Å²) in [5, 5.41) is 17.9. The molecule has 24 heavy (non-hydrogen) atoms. The molecule has 144 valence electrons. The molecule has 0 amide bonds. The monoisotopic (exact) mass is 348 g/mol. The third-order valence-corrected chi connectivity index (χ3v) is 3.04. The maximum Gasteiger partial charge on any atom is 0.311 e. The molecular weight excluding hydrogens is 312 g/mol. The average molecular weight is 348 g/mol. The number of hydrogen-bond donors (Lipinski definition) is 2. The van der Waals surface area contributed by atoms with Crippen molar-refractivity contribution >= 4 is 11.9 Å². The predicted octanol–water partition coefficient (Wildman–Crippen LogP) is 2.69. The van der Waals surface area contributed by atoms with Crippen LogP contribution in [0.15, 0.2) is 0 Å². The van der Waals surface area contributed by atoms with E-state index < -0.39 is 16.9 Å². The van der Waals surface area contributed by atoms with Crippen molar-refractivity contribution in [3.8, 4) is 0 Å². The average Bonchev–Trinajstić information content (AvgIpc) is 2.48. The van der Waals surface area contributed by atoms with Crippen LogP contribution in [0.3, 0.4) is 0 Å². The van der Waals surface area contributed by atoms with E-state index in [9.17, 15) is 9.59 Å². The Kier molecular flexibility index (Phi) is 11.9. The first-order valence-corrected chi connectivity index (χ1v) is 8.46. The van der Waals surface area contributed by atoms with Crippen LogP contribution in [0.25, 0.3) is 0 Å². The molecule has 0 fully saturated rings. The Labute approximate surface area is 146 Å². The Morgan fingerprint density at radius 3 is 1.67 bits per heavy atom. The highest BCUT2D eigenvalue weighted by molar-refractivity contribution is 5.75. The van der Waals surface area contributed by atoms with E-state index in [0.29, 0.717) is 12.8 Å². The Morgan fingerprint density at radius 1 is 0.917 bits per heavy atom. The smallest absolute Gasteiger partial charge is 0.311 e. The second-order valence-electron chi connectivity index (χ2n) is 7.78. The van der Waals surface area contributed by atoms with Crippen LogP contribution in [0.4, 0.5) is 0 Å². The van der Waals surface area contributed by atoms with Gasteiger partial charge in [-0.3, -0.25) is 9.59 Å². The van der Waals surface area contributed by atoms with Gasteiger partial charge < -0.3 is 19.7 Å². The second kappa shape index (κ2) is 11.4. The normalized spacial score (nSPS) is 14.1. The van der Waals surface area contributed by atoms with Crippen molar-refractivity contribution in [3.63, 3.8) is 0 Å². The molecule has 0 spiro atoms. The first kappa shape index (κ1) is 25.1. The Hall–Kier alpha value is -1.14. The van der Waals surface area contributed by atoms with Crippen LogP contribution < -0.4 is 0 Å². The third kappa shape index (κ3) is 12.3. The molecule has 2 atom stereocenters. The minimum Gasteiger partial charge on any atom is -0.463 e. The van der Waals surface area contributed by atoms with Gasteiger partial charge in [-0.1, -0.05) is 13.8 Å². The van der Waals surface area contributed by atoms with Crippen molar-refractivity contribution in [2.45, 2.75) is 80.4 Å². The fourth-order valence-corrected chi connectivity index (χ4v) is 1.08. The summed E-state index contributed by atoms with van der Waals surface area (Å²) in [5.41, 5.74) is -0.962. The van der Waals surface area contributed by atoms with Crippen LogP contribution in [0.5, 0.6) is 0 Å².